The Bertz CT molecular complexity index is 1180. The zero-order valence-corrected chi connectivity index (χ0v) is 18.5. The molecule has 4 rings (SSSR count). The molecule has 6 heteroatoms. The van der Waals surface area contributed by atoms with Gasteiger partial charge >= 0.3 is 5.63 Å². The minimum atomic E-state index is -0.414. The molecule has 2 aromatic carbocycles. The molecule has 32 heavy (non-hydrogen) atoms. The normalized spacial score (nSPS) is 13.2. The smallest absolute Gasteiger partial charge is 0.336 e. The van der Waals surface area contributed by atoms with E-state index in [4.69, 9.17) is 9.15 Å². The van der Waals surface area contributed by atoms with Crippen LogP contribution in [0.2, 0.25) is 0 Å². The Balaban J connectivity index is 1.46. The van der Waals surface area contributed by atoms with Gasteiger partial charge in [0.25, 0.3) is 5.91 Å². The van der Waals surface area contributed by atoms with Gasteiger partial charge in [0.15, 0.2) is 6.61 Å². The van der Waals surface area contributed by atoms with Crippen molar-refractivity contribution in [2.45, 2.75) is 33.1 Å². The summed E-state index contributed by atoms with van der Waals surface area (Å²) < 4.78 is 11.3. The Morgan fingerprint density at radius 2 is 1.78 bits per heavy atom. The molecule has 1 aliphatic rings. The number of fused-ring (bicyclic) bond motifs is 1. The lowest BCUT2D eigenvalue weighted by atomic mass is 10.1. The molecule has 0 unspecified atom stereocenters. The van der Waals surface area contributed by atoms with E-state index in [1.54, 1.807) is 6.07 Å². The number of hydrogen-bond donors (Lipinski definition) is 1. The van der Waals surface area contributed by atoms with Crippen LogP contribution in [-0.4, -0.2) is 25.6 Å². The minimum absolute atomic E-state index is 0.141. The summed E-state index contributed by atoms with van der Waals surface area (Å²) in [5.74, 6) is 0.283. The first-order chi connectivity index (χ1) is 15.5. The number of carbonyl (C=O) groups is 1. The minimum Gasteiger partial charge on any atom is -0.483 e. The highest BCUT2D eigenvalue weighted by molar-refractivity contribution is 5.92. The van der Waals surface area contributed by atoms with Crippen LogP contribution in [-0.2, 0) is 11.2 Å². The van der Waals surface area contributed by atoms with Gasteiger partial charge in [-0.1, -0.05) is 11.6 Å². The number of amides is 1. The van der Waals surface area contributed by atoms with E-state index >= 15 is 0 Å². The van der Waals surface area contributed by atoms with E-state index in [1.807, 2.05) is 56.3 Å². The van der Waals surface area contributed by atoms with Gasteiger partial charge in [0.05, 0.1) is 0 Å². The number of carbonyl (C=O) groups excluding carboxylic acids is 1. The molecule has 1 saturated heterocycles. The van der Waals surface area contributed by atoms with Crippen LogP contribution < -0.4 is 20.6 Å². The first kappa shape index (κ1) is 21.7. The van der Waals surface area contributed by atoms with Gasteiger partial charge in [-0.15, -0.1) is 0 Å². The van der Waals surface area contributed by atoms with Crippen LogP contribution in [0.5, 0.6) is 5.75 Å². The van der Waals surface area contributed by atoms with E-state index in [0.29, 0.717) is 17.8 Å². The summed E-state index contributed by atoms with van der Waals surface area (Å²) in [6, 6.07) is 14.7. The Morgan fingerprint density at radius 3 is 2.50 bits per heavy atom. The monoisotopic (exact) mass is 432 g/mol. The van der Waals surface area contributed by atoms with Crippen LogP contribution in [0.25, 0.3) is 11.0 Å². The Hall–Kier alpha value is -3.54. The Kier molecular flexibility index (Phi) is 6.59. The Morgan fingerprint density at radius 1 is 1.06 bits per heavy atom. The van der Waals surface area contributed by atoms with E-state index in [0.717, 1.165) is 35.3 Å². The van der Waals surface area contributed by atoms with Crippen molar-refractivity contribution in [3.63, 3.8) is 0 Å². The Labute approximate surface area is 187 Å². The number of hydrogen-bond acceptors (Lipinski definition) is 5. The van der Waals surface area contributed by atoms with E-state index in [-0.39, 0.29) is 12.5 Å². The van der Waals surface area contributed by atoms with Crippen molar-refractivity contribution >= 4 is 28.3 Å². The fraction of sp³-hybridized carbons (Fsp3) is 0.308. The molecule has 0 saturated carbocycles. The molecule has 0 atom stereocenters. The topological polar surface area (TPSA) is 71.8 Å². The molecule has 1 amide bonds. The zero-order valence-electron chi connectivity index (χ0n) is 18.5. The predicted molar refractivity (Wildman–Crippen MR) is 128 cm³/mol. The fourth-order valence-electron chi connectivity index (χ4n) is 3.88. The maximum absolute atomic E-state index is 12.5. The number of allylic oxidation sites excluding steroid dienone is 2. The zero-order chi connectivity index (χ0) is 22.5. The second-order valence-corrected chi connectivity index (χ2v) is 8.28. The van der Waals surface area contributed by atoms with Crippen molar-refractivity contribution in [1.29, 1.82) is 0 Å². The van der Waals surface area contributed by atoms with Gasteiger partial charge < -0.3 is 19.4 Å². The van der Waals surface area contributed by atoms with Crippen molar-refractivity contribution in [3.05, 3.63) is 76.2 Å². The highest BCUT2D eigenvalue weighted by Crippen LogP contribution is 2.29. The van der Waals surface area contributed by atoms with Crippen LogP contribution in [0.4, 0.5) is 11.4 Å². The van der Waals surface area contributed by atoms with E-state index in [9.17, 15) is 9.59 Å². The van der Waals surface area contributed by atoms with Crippen molar-refractivity contribution < 1.29 is 13.9 Å². The number of rotatable bonds is 7. The van der Waals surface area contributed by atoms with Gasteiger partial charge in [0, 0.05) is 41.5 Å². The molecule has 6 nitrogen and oxygen atoms in total. The van der Waals surface area contributed by atoms with Crippen molar-refractivity contribution in [2.75, 3.05) is 29.9 Å². The maximum Gasteiger partial charge on any atom is 0.336 e. The number of anilines is 2. The van der Waals surface area contributed by atoms with Gasteiger partial charge in [-0.05, 0) is 75.6 Å². The summed E-state index contributed by atoms with van der Waals surface area (Å²) in [5, 5.41) is 3.69. The third kappa shape index (κ3) is 5.19. The number of benzene rings is 2. The van der Waals surface area contributed by atoms with Gasteiger partial charge in [-0.2, -0.15) is 0 Å². The van der Waals surface area contributed by atoms with Crippen molar-refractivity contribution in [3.8, 4) is 5.75 Å². The van der Waals surface area contributed by atoms with Crippen LogP contribution in [0, 0.1) is 0 Å². The lowest BCUT2D eigenvalue weighted by molar-refractivity contribution is -0.118. The highest BCUT2D eigenvalue weighted by Gasteiger charge is 2.14. The largest absolute Gasteiger partial charge is 0.483 e. The molecular formula is C26H28N2O4. The van der Waals surface area contributed by atoms with Gasteiger partial charge in [-0.25, -0.2) is 4.79 Å². The van der Waals surface area contributed by atoms with E-state index in [1.165, 1.54) is 24.6 Å². The molecule has 1 N–H and O–H groups in total. The molecule has 1 aliphatic heterocycles. The summed E-state index contributed by atoms with van der Waals surface area (Å²) in [6.07, 6.45) is 5.03. The molecule has 1 aromatic heterocycles. The van der Waals surface area contributed by atoms with Crippen LogP contribution >= 0.6 is 0 Å². The number of nitrogens with zero attached hydrogens (tertiary/aromatic N) is 1. The number of ether oxygens (including phenoxy) is 1. The lowest BCUT2D eigenvalue weighted by Gasteiger charge is -2.18. The van der Waals surface area contributed by atoms with Gasteiger partial charge in [0.2, 0.25) is 0 Å². The molecule has 2 heterocycles. The molecule has 1 fully saturated rings. The average molecular weight is 433 g/mol. The van der Waals surface area contributed by atoms with Crippen LogP contribution in [0.1, 0.15) is 32.3 Å². The van der Waals surface area contributed by atoms with Crippen LogP contribution in [0.3, 0.4) is 0 Å². The lowest BCUT2D eigenvalue weighted by Crippen LogP contribution is -2.21. The highest BCUT2D eigenvalue weighted by atomic mass is 16.5. The summed E-state index contributed by atoms with van der Waals surface area (Å²) >= 11 is 0. The molecule has 0 radical (unpaired) electrons. The quantitative estimate of drug-likeness (QED) is 0.424. The SMILES string of the molecule is CC(C)=CCc1c(OCC(=O)Nc2ccc(N3CCCC3)cc2)ccc2ccc(=O)oc12. The molecule has 0 bridgehead atoms. The van der Waals surface area contributed by atoms with Crippen molar-refractivity contribution in [1.82, 2.24) is 0 Å². The molecular weight excluding hydrogens is 404 g/mol. The second-order valence-electron chi connectivity index (χ2n) is 8.28. The standard InChI is InChI=1S/C26H28N2O4/c1-18(2)5-12-22-23(13-6-19-7-14-25(30)32-26(19)22)31-17-24(29)27-20-8-10-21(11-9-20)28-15-3-4-16-28/h5-11,13-14H,3-4,12,15-17H2,1-2H3,(H,27,29). The summed E-state index contributed by atoms with van der Waals surface area (Å²) in [5.41, 5.74) is 3.88. The second kappa shape index (κ2) is 9.73. The average Bonchev–Trinajstić information content (AvgIpc) is 3.31. The van der Waals surface area contributed by atoms with Gasteiger partial charge in [-0.3, -0.25) is 4.79 Å². The number of nitrogens with one attached hydrogen (secondary N) is 1. The van der Waals surface area contributed by atoms with Crippen molar-refractivity contribution in [2.24, 2.45) is 0 Å². The predicted octanol–water partition coefficient (Wildman–Crippen LogP) is 4.92. The third-order valence-corrected chi connectivity index (χ3v) is 5.55. The van der Waals surface area contributed by atoms with E-state index in [2.05, 4.69) is 10.2 Å². The first-order valence-corrected chi connectivity index (χ1v) is 11.0. The van der Waals surface area contributed by atoms with Crippen LogP contribution in [0.15, 0.2) is 69.4 Å². The molecule has 166 valence electrons. The van der Waals surface area contributed by atoms with Gasteiger partial charge in [0.1, 0.15) is 11.3 Å². The molecule has 0 aliphatic carbocycles. The molecule has 3 aromatic rings. The fourth-order valence-corrected chi connectivity index (χ4v) is 3.88. The maximum atomic E-state index is 12.5. The summed E-state index contributed by atoms with van der Waals surface area (Å²) in [4.78, 5) is 26.6. The third-order valence-electron chi connectivity index (χ3n) is 5.55. The summed E-state index contributed by atoms with van der Waals surface area (Å²) in [6.45, 7) is 6.04. The summed E-state index contributed by atoms with van der Waals surface area (Å²) in [7, 11) is 0. The molecule has 0 spiro atoms. The first-order valence-electron chi connectivity index (χ1n) is 11.0. The van der Waals surface area contributed by atoms with E-state index < -0.39 is 5.63 Å².